The largest absolute Gasteiger partial charge is 0.456 e. The Kier molecular flexibility index (Phi) is 3.16. The van der Waals surface area contributed by atoms with Gasteiger partial charge in [-0.25, -0.2) is 0 Å². The zero-order chi connectivity index (χ0) is 18.8. The maximum Gasteiger partial charge on any atom is 0.136 e. The zero-order valence-electron chi connectivity index (χ0n) is 16.0. The van der Waals surface area contributed by atoms with E-state index in [0.717, 1.165) is 45.9 Å². The normalized spacial score (nSPS) is 12.2. The van der Waals surface area contributed by atoms with Crippen molar-refractivity contribution in [3.05, 3.63) is 71.8 Å². The van der Waals surface area contributed by atoms with Gasteiger partial charge in [-0.2, -0.15) is 0 Å². The third kappa shape index (κ3) is 2.15. The predicted octanol–water partition coefficient (Wildman–Crippen LogP) is 7.76. The Hall–Kier alpha value is -3.26. The standard InChI is InChI=1S/C26H20O2/c1-3-15-5-7-19-21-11-17-14-26-22(12-18(17)13-25(21)27-23(19)9-15)20-8-6-16(4-2)10-24(20)28-26/h5-14H,3-4H2,1-2H3. The van der Waals surface area contributed by atoms with Gasteiger partial charge in [-0.1, -0.05) is 38.1 Å². The van der Waals surface area contributed by atoms with Crippen molar-refractivity contribution in [1.82, 2.24) is 0 Å². The van der Waals surface area contributed by atoms with Crippen molar-refractivity contribution < 1.29 is 8.83 Å². The van der Waals surface area contributed by atoms with Crippen LogP contribution in [-0.2, 0) is 12.8 Å². The van der Waals surface area contributed by atoms with Crippen LogP contribution in [0.25, 0.3) is 54.6 Å². The van der Waals surface area contributed by atoms with Crippen LogP contribution >= 0.6 is 0 Å². The maximum absolute atomic E-state index is 6.19. The number of hydrogen-bond donors (Lipinski definition) is 0. The second-order valence-corrected chi connectivity index (χ2v) is 7.62. The van der Waals surface area contributed by atoms with Gasteiger partial charge in [-0.3, -0.25) is 0 Å². The van der Waals surface area contributed by atoms with Crippen LogP contribution in [0.1, 0.15) is 25.0 Å². The number of hydrogen-bond acceptors (Lipinski definition) is 2. The highest BCUT2D eigenvalue weighted by atomic mass is 16.3. The summed E-state index contributed by atoms with van der Waals surface area (Å²) in [5, 5.41) is 7.02. The van der Waals surface area contributed by atoms with Gasteiger partial charge in [0.15, 0.2) is 0 Å². The van der Waals surface area contributed by atoms with E-state index < -0.39 is 0 Å². The zero-order valence-corrected chi connectivity index (χ0v) is 16.0. The fourth-order valence-corrected chi connectivity index (χ4v) is 4.32. The van der Waals surface area contributed by atoms with E-state index in [1.807, 2.05) is 0 Å². The molecule has 0 saturated heterocycles. The minimum absolute atomic E-state index is 0.941. The second-order valence-electron chi connectivity index (χ2n) is 7.62. The number of furan rings is 2. The van der Waals surface area contributed by atoms with Crippen LogP contribution < -0.4 is 0 Å². The molecule has 2 heteroatoms. The minimum atomic E-state index is 0.941. The molecule has 6 aromatic rings. The highest BCUT2D eigenvalue weighted by molar-refractivity contribution is 6.15. The molecular formula is C26H20O2. The molecule has 0 aliphatic rings. The second kappa shape index (κ2) is 5.62. The van der Waals surface area contributed by atoms with E-state index in [9.17, 15) is 0 Å². The fourth-order valence-electron chi connectivity index (χ4n) is 4.32. The van der Waals surface area contributed by atoms with Crippen molar-refractivity contribution in [1.29, 1.82) is 0 Å². The smallest absolute Gasteiger partial charge is 0.136 e. The lowest BCUT2D eigenvalue weighted by molar-refractivity contribution is 0.667. The molecule has 0 spiro atoms. The summed E-state index contributed by atoms with van der Waals surface area (Å²) in [4.78, 5) is 0. The van der Waals surface area contributed by atoms with Gasteiger partial charge in [0.2, 0.25) is 0 Å². The van der Waals surface area contributed by atoms with E-state index >= 15 is 0 Å². The Bertz CT molecular complexity index is 1410. The van der Waals surface area contributed by atoms with Crippen LogP contribution in [0.4, 0.5) is 0 Å². The van der Waals surface area contributed by atoms with Gasteiger partial charge in [0.05, 0.1) is 0 Å². The molecule has 136 valence electrons. The van der Waals surface area contributed by atoms with Gasteiger partial charge in [0, 0.05) is 21.5 Å². The Morgan fingerprint density at radius 2 is 0.929 bits per heavy atom. The first-order valence-electron chi connectivity index (χ1n) is 9.97. The molecule has 0 aliphatic carbocycles. The van der Waals surface area contributed by atoms with Crippen molar-refractivity contribution in [3.63, 3.8) is 0 Å². The highest BCUT2D eigenvalue weighted by Gasteiger charge is 2.12. The summed E-state index contributed by atoms with van der Waals surface area (Å²) in [7, 11) is 0. The van der Waals surface area contributed by atoms with Crippen LogP contribution in [0.5, 0.6) is 0 Å². The molecule has 0 aliphatic heterocycles. The summed E-state index contributed by atoms with van der Waals surface area (Å²) in [6.07, 6.45) is 2.02. The maximum atomic E-state index is 6.19. The Labute approximate surface area is 162 Å². The number of fused-ring (bicyclic) bond motifs is 7. The van der Waals surface area contributed by atoms with Gasteiger partial charge in [0.1, 0.15) is 22.3 Å². The molecule has 6 rings (SSSR count). The van der Waals surface area contributed by atoms with E-state index in [4.69, 9.17) is 8.83 Å². The molecule has 0 bridgehead atoms. The molecule has 28 heavy (non-hydrogen) atoms. The van der Waals surface area contributed by atoms with Crippen LogP contribution in [-0.4, -0.2) is 0 Å². The highest BCUT2D eigenvalue weighted by Crippen LogP contribution is 2.37. The number of aryl methyl sites for hydroxylation is 2. The lowest BCUT2D eigenvalue weighted by atomic mass is 10.0. The number of rotatable bonds is 2. The van der Waals surface area contributed by atoms with Crippen molar-refractivity contribution in [3.8, 4) is 0 Å². The topological polar surface area (TPSA) is 26.3 Å². The molecule has 2 heterocycles. The van der Waals surface area contributed by atoms with Gasteiger partial charge in [0.25, 0.3) is 0 Å². The average molecular weight is 364 g/mol. The Morgan fingerprint density at radius 3 is 1.36 bits per heavy atom. The van der Waals surface area contributed by atoms with Gasteiger partial charge in [-0.15, -0.1) is 0 Å². The molecule has 0 radical (unpaired) electrons. The monoisotopic (exact) mass is 364 g/mol. The summed E-state index contributed by atoms with van der Waals surface area (Å²) in [5.74, 6) is 0. The van der Waals surface area contributed by atoms with E-state index in [1.54, 1.807) is 0 Å². The van der Waals surface area contributed by atoms with Crippen LogP contribution in [0.3, 0.4) is 0 Å². The summed E-state index contributed by atoms with van der Waals surface area (Å²) < 4.78 is 12.4. The molecule has 4 aromatic carbocycles. The molecule has 2 nitrogen and oxygen atoms in total. The van der Waals surface area contributed by atoms with E-state index in [2.05, 4.69) is 74.5 Å². The predicted molar refractivity (Wildman–Crippen MR) is 117 cm³/mol. The molecule has 0 fully saturated rings. The van der Waals surface area contributed by atoms with Crippen LogP contribution in [0, 0.1) is 0 Å². The van der Waals surface area contributed by atoms with Crippen molar-refractivity contribution in [2.45, 2.75) is 26.7 Å². The van der Waals surface area contributed by atoms with Crippen molar-refractivity contribution >= 4 is 54.6 Å². The van der Waals surface area contributed by atoms with Crippen molar-refractivity contribution in [2.75, 3.05) is 0 Å². The number of benzene rings is 4. The van der Waals surface area contributed by atoms with Gasteiger partial charge < -0.3 is 8.83 Å². The third-order valence-electron chi connectivity index (χ3n) is 5.97. The SMILES string of the molecule is CCc1ccc2c(c1)oc1cc3cc4c(cc3cc12)oc1cc(CC)ccc14. The van der Waals surface area contributed by atoms with E-state index in [1.165, 1.54) is 32.7 Å². The quantitative estimate of drug-likeness (QED) is 0.314. The molecule has 0 saturated carbocycles. The van der Waals surface area contributed by atoms with Crippen LogP contribution in [0.2, 0.25) is 0 Å². The average Bonchev–Trinajstić information content (AvgIpc) is 3.26. The van der Waals surface area contributed by atoms with Crippen LogP contribution in [0.15, 0.2) is 69.5 Å². The van der Waals surface area contributed by atoms with Gasteiger partial charge in [-0.05, 0) is 71.1 Å². The van der Waals surface area contributed by atoms with Gasteiger partial charge >= 0.3 is 0 Å². The minimum Gasteiger partial charge on any atom is -0.456 e. The lowest BCUT2D eigenvalue weighted by Gasteiger charge is -1.99. The first-order valence-corrected chi connectivity index (χ1v) is 9.97. The first kappa shape index (κ1) is 15.8. The summed E-state index contributed by atoms with van der Waals surface area (Å²) in [6.45, 7) is 4.34. The van der Waals surface area contributed by atoms with E-state index in [0.29, 0.717) is 0 Å². The molecular weight excluding hydrogens is 344 g/mol. The third-order valence-corrected chi connectivity index (χ3v) is 5.97. The summed E-state index contributed by atoms with van der Waals surface area (Å²) in [6, 6.07) is 21.8. The lowest BCUT2D eigenvalue weighted by Crippen LogP contribution is -1.78. The first-order chi connectivity index (χ1) is 13.7. The Balaban J connectivity index is 1.67. The fraction of sp³-hybridized carbons (Fsp3) is 0.154. The molecule has 0 atom stereocenters. The summed E-state index contributed by atoms with van der Waals surface area (Å²) >= 11 is 0. The molecule has 0 unspecified atom stereocenters. The van der Waals surface area contributed by atoms with Crippen molar-refractivity contribution in [2.24, 2.45) is 0 Å². The Morgan fingerprint density at radius 1 is 0.500 bits per heavy atom. The molecule has 0 N–H and O–H groups in total. The molecule has 2 aromatic heterocycles. The van der Waals surface area contributed by atoms with E-state index in [-0.39, 0.29) is 0 Å². The summed E-state index contributed by atoms with van der Waals surface area (Å²) in [5.41, 5.74) is 6.40. The molecule has 0 amide bonds.